The maximum atomic E-state index is 5.94. The minimum atomic E-state index is 0.492. The second kappa shape index (κ2) is 9.56. The highest BCUT2D eigenvalue weighted by Gasteiger charge is 2.20. The highest BCUT2D eigenvalue weighted by atomic mass is 35.5. The maximum Gasteiger partial charge on any atom is 0.232 e. The van der Waals surface area contributed by atoms with Gasteiger partial charge in [0.1, 0.15) is 11.6 Å². The van der Waals surface area contributed by atoms with Crippen molar-refractivity contribution >= 4 is 46.5 Å². The SMILES string of the molecule is S=C(NCc1ccc(Cl)cc1)Nc1nc(N2CCCC2)cc(N2CCOCC2)n1. The van der Waals surface area contributed by atoms with Crippen molar-refractivity contribution in [1.29, 1.82) is 0 Å². The quantitative estimate of drug-likeness (QED) is 0.699. The molecule has 2 saturated heterocycles. The molecule has 2 aromatic rings. The van der Waals surface area contributed by atoms with Gasteiger partial charge in [0.2, 0.25) is 5.95 Å². The molecule has 154 valence electrons. The number of nitrogens with zero attached hydrogens (tertiary/aromatic N) is 4. The van der Waals surface area contributed by atoms with E-state index in [0.29, 0.717) is 30.8 Å². The van der Waals surface area contributed by atoms with Gasteiger partial charge in [0.05, 0.1) is 13.2 Å². The van der Waals surface area contributed by atoms with Crippen molar-refractivity contribution in [3.05, 3.63) is 40.9 Å². The molecule has 0 atom stereocenters. The van der Waals surface area contributed by atoms with Gasteiger partial charge in [0, 0.05) is 43.8 Å². The van der Waals surface area contributed by atoms with Crippen LogP contribution in [0.4, 0.5) is 17.6 Å². The molecule has 4 rings (SSSR count). The zero-order chi connectivity index (χ0) is 20.1. The number of nitrogens with one attached hydrogen (secondary N) is 2. The topological polar surface area (TPSA) is 65.6 Å². The zero-order valence-corrected chi connectivity index (χ0v) is 17.8. The van der Waals surface area contributed by atoms with Gasteiger partial charge >= 0.3 is 0 Å². The number of halogens is 1. The average Bonchev–Trinajstić information content (AvgIpc) is 3.29. The van der Waals surface area contributed by atoms with Crippen molar-refractivity contribution in [3.8, 4) is 0 Å². The summed E-state index contributed by atoms with van der Waals surface area (Å²) in [5.74, 6) is 2.37. The van der Waals surface area contributed by atoms with E-state index in [1.807, 2.05) is 24.3 Å². The Labute approximate surface area is 181 Å². The van der Waals surface area contributed by atoms with E-state index < -0.39 is 0 Å². The van der Waals surface area contributed by atoms with Crippen LogP contribution < -0.4 is 20.4 Å². The van der Waals surface area contributed by atoms with Crippen molar-refractivity contribution in [2.75, 3.05) is 54.5 Å². The number of aromatic nitrogens is 2. The van der Waals surface area contributed by atoms with Crippen molar-refractivity contribution in [2.24, 2.45) is 0 Å². The largest absolute Gasteiger partial charge is 0.378 e. The minimum absolute atomic E-state index is 0.492. The van der Waals surface area contributed by atoms with Gasteiger partial charge in [-0.1, -0.05) is 23.7 Å². The lowest BCUT2D eigenvalue weighted by Gasteiger charge is -2.29. The Morgan fingerprint density at radius 1 is 1.00 bits per heavy atom. The smallest absolute Gasteiger partial charge is 0.232 e. The van der Waals surface area contributed by atoms with Gasteiger partial charge < -0.3 is 25.2 Å². The van der Waals surface area contributed by atoms with Crippen molar-refractivity contribution < 1.29 is 4.74 Å². The number of hydrogen-bond donors (Lipinski definition) is 2. The van der Waals surface area contributed by atoms with Crippen LogP contribution in [-0.4, -0.2) is 54.5 Å². The molecule has 2 fully saturated rings. The van der Waals surface area contributed by atoms with E-state index in [0.717, 1.165) is 48.4 Å². The van der Waals surface area contributed by atoms with E-state index in [1.165, 1.54) is 12.8 Å². The van der Waals surface area contributed by atoms with E-state index in [2.05, 4.69) is 26.5 Å². The molecule has 9 heteroatoms. The zero-order valence-electron chi connectivity index (χ0n) is 16.2. The monoisotopic (exact) mass is 432 g/mol. The standard InChI is InChI=1S/C20H25ClN6OS/c21-16-5-3-15(4-6-16)14-22-20(29)25-19-23-17(26-7-1-2-8-26)13-18(24-19)27-9-11-28-12-10-27/h3-6,13H,1-2,7-12,14H2,(H2,22,23,24,25,29). The van der Waals surface area contributed by atoms with Crippen LogP contribution in [0.15, 0.2) is 30.3 Å². The fourth-order valence-electron chi connectivity index (χ4n) is 3.47. The molecule has 0 amide bonds. The second-order valence-corrected chi connectivity index (χ2v) is 7.98. The van der Waals surface area contributed by atoms with Crippen molar-refractivity contribution in [2.45, 2.75) is 19.4 Å². The Morgan fingerprint density at radius 3 is 2.28 bits per heavy atom. The number of ether oxygens (including phenoxy) is 1. The number of anilines is 3. The third-order valence-corrected chi connectivity index (χ3v) is 5.55. The highest BCUT2D eigenvalue weighted by Crippen LogP contribution is 2.24. The Bertz CT molecular complexity index is 837. The number of benzene rings is 1. The molecule has 2 aliphatic rings. The molecule has 2 N–H and O–H groups in total. The van der Waals surface area contributed by atoms with E-state index in [-0.39, 0.29) is 0 Å². The molecule has 2 aliphatic heterocycles. The molecule has 0 unspecified atom stereocenters. The van der Waals surface area contributed by atoms with Gasteiger partial charge in [-0.05, 0) is 42.8 Å². The number of hydrogen-bond acceptors (Lipinski definition) is 6. The van der Waals surface area contributed by atoms with Gasteiger partial charge in [-0.3, -0.25) is 0 Å². The van der Waals surface area contributed by atoms with Gasteiger partial charge in [-0.25, -0.2) is 0 Å². The first-order valence-electron chi connectivity index (χ1n) is 9.93. The first-order valence-corrected chi connectivity index (χ1v) is 10.7. The number of morpholine rings is 1. The van der Waals surface area contributed by atoms with Crippen LogP contribution in [0, 0.1) is 0 Å². The van der Waals surface area contributed by atoms with Gasteiger partial charge in [-0.2, -0.15) is 9.97 Å². The van der Waals surface area contributed by atoms with Crippen LogP contribution in [0.5, 0.6) is 0 Å². The van der Waals surface area contributed by atoms with Crippen LogP contribution in [0.1, 0.15) is 18.4 Å². The van der Waals surface area contributed by atoms with Crippen molar-refractivity contribution in [3.63, 3.8) is 0 Å². The summed E-state index contributed by atoms with van der Waals surface area (Å²) in [7, 11) is 0. The Hall–Kier alpha value is -2.16. The van der Waals surface area contributed by atoms with Crippen LogP contribution in [0.2, 0.25) is 5.02 Å². The molecule has 0 aliphatic carbocycles. The fraction of sp³-hybridized carbons (Fsp3) is 0.450. The molecular weight excluding hydrogens is 408 g/mol. The second-order valence-electron chi connectivity index (χ2n) is 7.14. The molecule has 7 nitrogen and oxygen atoms in total. The van der Waals surface area contributed by atoms with Gasteiger partial charge in [0.25, 0.3) is 0 Å². The number of rotatable bonds is 5. The lowest BCUT2D eigenvalue weighted by Crippen LogP contribution is -2.37. The molecule has 0 bridgehead atoms. The van der Waals surface area contributed by atoms with Crippen LogP contribution >= 0.6 is 23.8 Å². The van der Waals surface area contributed by atoms with Crippen LogP contribution in [-0.2, 0) is 11.3 Å². The first-order chi connectivity index (χ1) is 14.2. The van der Waals surface area contributed by atoms with Gasteiger partial charge in [-0.15, -0.1) is 0 Å². The molecular formula is C20H25ClN6OS. The first kappa shape index (κ1) is 20.1. The molecule has 1 aromatic carbocycles. The molecule has 3 heterocycles. The summed E-state index contributed by atoms with van der Waals surface area (Å²) in [6, 6.07) is 9.75. The fourth-order valence-corrected chi connectivity index (χ4v) is 3.76. The van der Waals surface area contributed by atoms with Crippen molar-refractivity contribution in [1.82, 2.24) is 15.3 Å². The predicted octanol–water partition coefficient (Wildman–Crippen LogP) is 3.05. The molecule has 0 saturated carbocycles. The molecule has 29 heavy (non-hydrogen) atoms. The summed E-state index contributed by atoms with van der Waals surface area (Å²) >= 11 is 11.4. The lowest BCUT2D eigenvalue weighted by atomic mass is 10.2. The molecule has 1 aromatic heterocycles. The summed E-state index contributed by atoms with van der Waals surface area (Å²) in [6.07, 6.45) is 2.39. The number of thiocarbonyl (C=S) groups is 1. The summed E-state index contributed by atoms with van der Waals surface area (Å²) in [5.41, 5.74) is 1.10. The summed E-state index contributed by atoms with van der Waals surface area (Å²) < 4.78 is 5.48. The summed E-state index contributed by atoms with van der Waals surface area (Å²) in [5, 5.41) is 7.57. The minimum Gasteiger partial charge on any atom is -0.378 e. The highest BCUT2D eigenvalue weighted by molar-refractivity contribution is 7.80. The summed E-state index contributed by atoms with van der Waals surface area (Å²) in [6.45, 7) is 5.74. The predicted molar refractivity (Wildman–Crippen MR) is 121 cm³/mol. The third kappa shape index (κ3) is 5.46. The Kier molecular flexibility index (Phi) is 6.63. The summed E-state index contributed by atoms with van der Waals surface area (Å²) in [4.78, 5) is 14.0. The van der Waals surface area contributed by atoms with Crippen LogP contribution in [0.25, 0.3) is 0 Å². The Balaban J connectivity index is 1.46. The van der Waals surface area contributed by atoms with E-state index in [4.69, 9.17) is 38.5 Å². The van der Waals surface area contributed by atoms with Gasteiger partial charge in [0.15, 0.2) is 5.11 Å². The third-order valence-electron chi connectivity index (χ3n) is 5.06. The normalized spacial score (nSPS) is 16.7. The Morgan fingerprint density at radius 2 is 1.62 bits per heavy atom. The van der Waals surface area contributed by atoms with E-state index in [9.17, 15) is 0 Å². The molecule has 0 radical (unpaired) electrons. The van der Waals surface area contributed by atoms with E-state index in [1.54, 1.807) is 0 Å². The average molecular weight is 433 g/mol. The van der Waals surface area contributed by atoms with Crippen LogP contribution in [0.3, 0.4) is 0 Å². The van der Waals surface area contributed by atoms with E-state index >= 15 is 0 Å². The molecule has 0 spiro atoms. The maximum absolute atomic E-state index is 5.94. The lowest BCUT2D eigenvalue weighted by molar-refractivity contribution is 0.122.